The Morgan fingerprint density at radius 3 is 2.43 bits per heavy atom. The number of hydroxylamine groups is 2. The lowest BCUT2D eigenvalue weighted by Gasteiger charge is -2.20. The molecule has 0 saturated carbocycles. The van der Waals surface area contributed by atoms with E-state index in [1.165, 1.54) is 0 Å². The van der Waals surface area contributed by atoms with Crippen molar-refractivity contribution in [2.45, 2.75) is 45.4 Å². The number of hydrogen-bond donors (Lipinski definition) is 0. The molecule has 2 aliphatic rings. The number of allylic oxidation sites excluding steroid dienone is 2. The number of rotatable bonds is 2. The number of terminal acetylenes is 1. The van der Waals surface area contributed by atoms with Crippen molar-refractivity contribution in [3.63, 3.8) is 0 Å². The molecular formula is C16H21NO4. The summed E-state index contributed by atoms with van der Waals surface area (Å²) in [6, 6.07) is 0. The highest BCUT2D eigenvalue weighted by molar-refractivity contribution is 6.01. The smallest absolute Gasteiger partial charge is 0.330 e. The van der Waals surface area contributed by atoms with E-state index in [-0.39, 0.29) is 18.8 Å². The van der Waals surface area contributed by atoms with Gasteiger partial charge in [-0.05, 0) is 31.6 Å². The highest BCUT2D eigenvalue weighted by atomic mass is 16.7. The van der Waals surface area contributed by atoms with Gasteiger partial charge in [0.2, 0.25) is 0 Å². The normalized spacial score (nSPS) is 27.1. The third-order valence-corrected chi connectivity index (χ3v) is 3.64. The quantitative estimate of drug-likeness (QED) is 0.444. The van der Waals surface area contributed by atoms with Crippen molar-refractivity contribution >= 4 is 17.8 Å². The zero-order valence-electron chi connectivity index (χ0n) is 12.3. The molecule has 2 rings (SSSR count). The first kappa shape index (κ1) is 17.0. The van der Waals surface area contributed by atoms with Crippen molar-refractivity contribution in [3.05, 3.63) is 12.2 Å². The van der Waals surface area contributed by atoms with Crippen molar-refractivity contribution in [2.75, 3.05) is 0 Å². The van der Waals surface area contributed by atoms with Crippen LogP contribution < -0.4 is 0 Å². The number of carbonyl (C=O) groups excluding carboxylic acids is 3. The van der Waals surface area contributed by atoms with Gasteiger partial charge in [0.05, 0.1) is 5.92 Å². The van der Waals surface area contributed by atoms with Crippen LogP contribution in [0.15, 0.2) is 12.2 Å². The lowest BCUT2D eigenvalue weighted by Crippen LogP contribution is -2.34. The summed E-state index contributed by atoms with van der Waals surface area (Å²) in [6.45, 7) is 2.11. The predicted molar refractivity (Wildman–Crippen MR) is 77.3 cm³/mol. The Balaban J connectivity index is 0.00000106. The van der Waals surface area contributed by atoms with Crippen LogP contribution in [-0.4, -0.2) is 22.8 Å². The van der Waals surface area contributed by atoms with E-state index < -0.39 is 17.8 Å². The summed E-state index contributed by atoms with van der Waals surface area (Å²) in [6.07, 6.45) is 15.7. The summed E-state index contributed by atoms with van der Waals surface area (Å²) in [4.78, 5) is 39.8. The first-order chi connectivity index (χ1) is 10.1. The second kappa shape index (κ2) is 8.25. The Labute approximate surface area is 125 Å². The average molecular weight is 291 g/mol. The van der Waals surface area contributed by atoms with Crippen LogP contribution >= 0.6 is 0 Å². The Hall–Kier alpha value is -2.09. The fourth-order valence-corrected chi connectivity index (χ4v) is 2.39. The summed E-state index contributed by atoms with van der Waals surface area (Å²) in [5.74, 6) is -1.07. The van der Waals surface area contributed by atoms with Crippen molar-refractivity contribution in [1.82, 2.24) is 5.06 Å². The van der Waals surface area contributed by atoms with Crippen LogP contribution in [-0.2, 0) is 19.2 Å². The minimum Gasteiger partial charge on any atom is -0.330 e. The zero-order valence-corrected chi connectivity index (χ0v) is 12.3. The fourth-order valence-electron chi connectivity index (χ4n) is 2.39. The summed E-state index contributed by atoms with van der Waals surface area (Å²) in [5, 5.41) is 0.639. The lowest BCUT2D eigenvalue weighted by molar-refractivity contribution is -0.201. The van der Waals surface area contributed by atoms with Gasteiger partial charge in [-0.15, -0.1) is 17.9 Å². The van der Waals surface area contributed by atoms with Crippen molar-refractivity contribution in [2.24, 2.45) is 11.8 Å². The van der Waals surface area contributed by atoms with Gasteiger partial charge >= 0.3 is 5.97 Å². The molecule has 1 aliphatic heterocycles. The molecule has 0 aromatic rings. The Kier molecular flexibility index (Phi) is 6.67. The molecule has 1 saturated heterocycles. The van der Waals surface area contributed by atoms with Crippen LogP contribution in [0.5, 0.6) is 0 Å². The van der Waals surface area contributed by atoms with Crippen LogP contribution in [0, 0.1) is 24.7 Å². The van der Waals surface area contributed by atoms with Crippen LogP contribution in [0.1, 0.15) is 45.4 Å². The molecule has 1 heterocycles. The maximum absolute atomic E-state index is 12.0. The topological polar surface area (TPSA) is 63.7 Å². The van der Waals surface area contributed by atoms with Crippen LogP contribution in [0.4, 0.5) is 0 Å². The molecule has 1 fully saturated rings. The first-order valence-corrected chi connectivity index (χ1v) is 7.15. The molecule has 2 atom stereocenters. The fraction of sp³-hybridized carbons (Fsp3) is 0.562. The molecule has 1 aliphatic carbocycles. The minimum atomic E-state index is -0.453. The summed E-state index contributed by atoms with van der Waals surface area (Å²) in [7, 11) is 0. The lowest BCUT2D eigenvalue weighted by atomic mass is 9.90. The average Bonchev–Trinajstić information content (AvgIpc) is 2.77. The molecule has 5 nitrogen and oxygen atoms in total. The van der Waals surface area contributed by atoms with Gasteiger partial charge in [0.25, 0.3) is 11.8 Å². The van der Waals surface area contributed by atoms with Gasteiger partial charge in [-0.3, -0.25) is 9.59 Å². The van der Waals surface area contributed by atoms with E-state index in [0.29, 0.717) is 17.4 Å². The van der Waals surface area contributed by atoms with Gasteiger partial charge in [-0.1, -0.05) is 19.1 Å². The van der Waals surface area contributed by atoms with Crippen molar-refractivity contribution in [3.8, 4) is 12.8 Å². The summed E-state index contributed by atoms with van der Waals surface area (Å²) >= 11 is 0. The predicted octanol–water partition coefficient (Wildman–Crippen LogP) is 2.23. The molecule has 0 radical (unpaired) electrons. The molecule has 0 aromatic heterocycles. The van der Waals surface area contributed by atoms with Gasteiger partial charge in [0.1, 0.15) is 0 Å². The van der Waals surface area contributed by atoms with Crippen LogP contribution in [0.3, 0.4) is 0 Å². The molecule has 21 heavy (non-hydrogen) atoms. The maximum Gasteiger partial charge on any atom is 0.336 e. The molecule has 0 spiro atoms. The van der Waals surface area contributed by atoms with E-state index in [1.807, 2.05) is 0 Å². The van der Waals surface area contributed by atoms with Crippen LogP contribution in [0.2, 0.25) is 0 Å². The van der Waals surface area contributed by atoms with Gasteiger partial charge in [0.15, 0.2) is 0 Å². The highest BCUT2D eigenvalue weighted by Crippen LogP contribution is 2.24. The summed E-state index contributed by atoms with van der Waals surface area (Å²) in [5.41, 5.74) is 0. The number of hydrogen-bond acceptors (Lipinski definition) is 4. The maximum atomic E-state index is 12.0. The van der Waals surface area contributed by atoms with E-state index in [9.17, 15) is 14.4 Å². The van der Waals surface area contributed by atoms with Gasteiger partial charge in [-0.25, -0.2) is 4.79 Å². The molecule has 0 aromatic carbocycles. The Morgan fingerprint density at radius 2 is 1.81 bits per heavy atom. The SMILES string of the molecule is C#C.C[C@@H]1/C=C/CC[C@@H](C(=O)ON2C(=O)CCC2=O)CC1. The van der Waals surface area contributed by atoms with Crippen molar-refractivity contribution in [1.29, 1.82) is 0 Å². The molecule has 0 bridgehead atoms. The molecule has 2 amide bonds. The zero-order chi connectivity index (χ0) is 15.8. The molecule has 0 N–H and O–H groups in total. The van der Waals surface area contributed by atoms with Crippen LogP contribution in [0.25, 0.3) is 0 Å². The standard InChI is InChI=1S/C14H19NO4.C2H2/c1-10-4-2-3-5-11(7-6-10)14(18)19-15-12(16)8-9-13(15)17;1-2/h2,4,10-11H,3,5-9H2,1H3;1-2H/b4-2+;/t10-,11-;/m1./s1. The second-order valence-electron chi connectivity index (χ2n) is 5.25. The largest absolute Gasteiger partial charge is 0.336 e. The number of carbonyl (C=O) groups is 3. The number of imide groups is 1. The molecule has 114 valence electrons. The van der Waals surface area contributed by atoms with Gasteiger partial charge < -0.3 is 4.84 Å². The van der Waals surface area contributed by atoms with E-state index in [1.54, 1.807) is 0 Å². The third-order valence-electron chi connectivity index (χ3n) is 3.64. The summed E-state index contributed by atoms with van der Waals surface area (Å²) < 4.78 is 0. The Bertz CT molecular complexity index is 436. The van der Waals surface area contributed by atoms with Crippen molar-refractivity contribution < 1.29 is 19.2 Å². The first-order valence-electron chi connectivity index (χ1n) is 7.15. The Morgan fingerprint density at radius 1 is 1.19 bits per heavy atom. The third kappa shape index (κ3) is 4.75. The van der Waals surface area contributed by atoms with E-state index >= 15 is 0 Å². The van der Waals surface area contributed by atoms with E-state index in [4.69, 9.17) is 4.84 Å². The highest BCUT2D eigenvalue weighted by Gasteiger charge is 2.34. The second-order valence-corrected chi connectivity index (χ2v) is 5.25. The van der Waals surface area contributed by atoms with Gasteiger partial charge in [0, 0.05) is 12.8 Å². The number of amides is 2. The molecule has 5 heteroatoms. The molecular weight excluding hydrogens is 270 g/mol. The minimum absolute atomic E-state index is 0.135. The van der Waals surface area contributed by atoms with Gasteiger partial charge in [-0.2, -0.15) is 0 Å². The van der Waals surface area contributed by atoms with E-state index in [0.717, 1.165) is 19.3 Å². The molecule has 0 unspecified atom stereocenters. The van der Waals surface area contributed by atoms with E-state index in [2.05, 4.69) is 31.9 Å². The number of nitrogens with zero attached hydrogens (tertiary/aromatic N) is 1. The monoisotopic (exact) mass is 291 g/mol.